The van der Waals surface area contributed by atoms with Crippen LogP contribution in [0.2, 0.25) is 0 Å². The highest BCUT2D eigenvalue weighted by atomic mass is 31.2. The van der Waals surface area contributed by atoms with Gasteiger partial charge in [-0.3, -0.25) is 18.6 Å². The van der Waals surface area contributed by atoms with Crippen molar-refractivity contribution in [2.45, 2.75) is 244 Å². The van der Waals surface area contributed by atoms with Crippen molar-refractivity contribution in [3.8, 4) is 0 Å². The summed E-state index contributed by atoms with van der Waals surface area (Å²) in [5, 5.41) is 19.3. The molecule has 11 heteroatoms. The van der Waals surface area contributed by atoms with E-state index in [1.165, 1.54) is 109 Å². The zero-order valence-corrected chi connectivity index (χ0v) is 43.5. The number of carbonyl (C=O) groups excluding carboxylic acids is 2. The Hall–Kier alpha value is -2.59. The number of rotatable bonds is 50. The third kappa shape index (κ3) is 49.6. The Morgan fingerprint density at radius 1 is 0.418 bits per heavy atom. The summed E-state index contributed by atoms with van der Waals surface area (Å²) < 4.78 is 32.8. The molecule has 0 aliphatic carbocycles. The molecule has 388 valence electrons. The summed E-state index contributed by atoms with van der Waals surface area (Å²) in [4.78, 5) is 34.8. The summed E-state index contributed by atoms with van der Waals surface area (Å²) in [7, 11) is -4.65. The van der Waals surface area contributed by atoms with Crippen molar-refractivity contribution in [3.05, 3.63) is 72.9 Å². The van der Waals surface area contributed by atoms with Gasteiger partial charge >= 0.3 is 19.8 Å². The Morgan fingerprint density at radius 2 is 0.701 bits per heavy atom. The number of carbonyl (C=O) groups is 2. The van der Waals surface area contributed by atoms with Gasteiger partial charge in [0.15, 0.2) is 0 Å². The van der Waals surface area contributed by atoms with Gasteiger partial charge in [-0.2, -0.15) is 0 Å². The first-order valence-corrected chi connectivity index (χ1v) is 28.4. The molecule has 3 atom stereocenters. The molecule has 0 spiro atoms. The van der Waals surface area contributed by atoms with Crippen molar-refractivity contribution in [1.29, 1.82) is 0 Å². The lowest BCUT2D eigenvalue weighted by Gasteiger charge is -2.20. The van der Waals surface area contributed by atoms with Crippen molar-refractivity contribution in [2.75, 3.05) is 26.4 Å². The maximum absolute atomic E-state index is 12.4. The lowest BCUT2D eigenvalue weighted by Crippen LogP contribution is -2.28. The van der Waals surface area contributed by atoms with Gasteiger partial charge in [0.2, 0.25) is 0 Å². The number of ether oxygens (including phenoxy) is 2. The van der Waals surface area contributed by atoms with E-state index in [2.05, 4.69) is 86.8 Å². The zero-order valence-electron chi connectivity index (χ0n) is 42.6. The van der Waals surface area contributed by atoms with E-state index in [4.69, 9.17) is 18.5 Å². The smallest absolute Gasteiger partial charge is 0.457 e. The Kier molecular flexibility index (Phi) is 49.3. The molecule has 0 amide bonds. The summed E-state index contributed by atoms with van der Waals surface area (Å²) in [6.07, 6.45) is 61.6. The lowest BCUT2D eigenvalue weighted by atomic mass is 10.0. The average Bonchev–Trinajstić information content (AvgIpc) is 3.32. The van der Waals surface area contributed by atoms with Gasteiger partial charge < -0.3 is 24.6 Å². The fourth-order valence-electron chi connectivity index (χ4n) is 7.31. The maximum Gasteiger partial charge on any atom is 0.472 e. The predicted octanol–water partition coefficient (Wildman–Crippen LogP) is 15.6. The first kappa shape index (κ1) is 64.4. The molecule has 0 aliphatic rings. The molecule has 0 saturated carbocycles. The van der Waals surface area contributed by atoms with Crippen LogP contribution in [0.25, 0.3) is 0 Å². The fourth-order valence-corrected chi connectivity index (χ4v) is 8.10. The summed E-state index contributed by atoms with van der Waals surface area (Å²) in [5.74, 6) is -1.03. The number of unbranched alkanes of at least 4 members (excludes halogenated alkanes) is 24. The normalized spacial score (nSPS) is 14.2. The minimum absolute atomic E-state index is 0.184. The Labute approximate surface area is 409 Å². The molecule has 10 nitrogen and oxygen atoms in total. The molecule has 0 aliphatic heterocycles. The van der Waals surface area contributed by atoms with Gasteiger partial charge in [0.1, 0.15) is 12.2 Å². The second-order valence-corrected chi connectivity index (χ2v) is 19.3. The largest absolute Gasteiger partial charge is 0.472 e. The van der Waals surface area contributed by atoms with Crippen molar-refractivity contribution in [3.63, 3.8) is 0 Å². The molecule has 0 aromatic rings. The minimum Gasteiger partial charge on any atom is -0.457 e. The Bertz CT molecular complexity index is 1340. The standard InChI is InChI=1S/C56H99O10P/c1-3-5-7-9-11-13-15-17-19-21-23-25-26-28-30-32-34-36-38-40-42-44-46-48-56(60)66-54(50-58)52-64-67(61,62)63-51-53(49-57)65-55(59)47-45-43-41-39-37-35-33-31-29-27-24-22-20-18-16-14-12-10-8-6-4-2/h5,7,11,13,16-19,22-25,53-54,57-58H,3-4,6,8-10,12,14-15,20-21,26-52H2,1-2H3,(H,61,62)/b7-5-,13-11-,18-16-,19-17-,24-22-,25-23-. The molecular weight excluding hydrogens is 864 g/mol. The van der Waals surface area contributed by atoms with E-state index in [-0.39, 0.29) is 12.8 Å². The number of hydrogen-bond donors (Lipinski definition) is 3. The molecule has 0 heterocycles. The van der Waals surface area contributed by atoms with E-state index < -0.39 is 58.4 Å². The van der Waals surface area contributed by atoms with E-state index >= 15 is 0 Å². The second-order valence-electron chi connectivity index (χ2n) is 17.8. The molecule has 0 fully saturated rings. The van der Waals surface area contributed by atoms with Gasteiger partial charge in [0.05, 0.1) is 26.4 Å². The molecule has 67 heavy (non-hydrogen) atoms. The molecule has 0 rings (SSSR count). The van der Waals surface area contributed by atoms with E-state index in [1.54, 1.807) is 0 Å². The van der Waals surface area contributed by atoms with E-state index in [0.29, 0.717) is 12.8 Å². The van der Waals surface area contributed by atoms with Gasteiger partial charge in [-0.05, 0) is 83.5 Å². The number of allylic oxidation sites excluding steroid dienone is 12. The summed E-state index contributed by atoms with van der Waals surface area (Å²) in [5.41, 5.74) is 0. The Balaban J connectivity index is 3.84. The van der Waals surface area contributed by atoms with Crippen molar-refractivity contribution < 1.29 is 47.8 Å². The molecule has 0 bridgehead atoms. The van der Waals surface area contributed by atoms with E-state index in [0.717, 1.165) is 83.5 Å². The first-order valence-electron chi connectivity index (χ1n) is 26.9. The molecule has 0 aromatic heterocycles. The first-order chi connectivity index (χ1) is 32.8. The van der Waals surface area contributed by atoms with Gasteiger partial charge in [0.25, 0.3) is 0 Å². The highest BCUT2D eigenvalue weighted by molar-refractivity contribution is 7.47. The van der Waals surface area contributed by atoms with Crippen LogP contribution in [0.15, 0.2) is 72.9 Å². The van der Waals surface area contributed by atoms with Crippen molar-refractivity contribution >= 4 is 19.8 Å². The van der Waals surface area contributed by atoms with Crippen LogP contribution < -0.4 is 0 Å². The predicted molar refractivity (Wildman–Crippen MR) is 279 cm³/mol. The molecular formula is C56H99O10P. The van der Waals surface area contributed by atoms with Crippen LogP contribution in [0.5, 0.6) is 0 Å². The van der Waals surface area contributed by atoms with E-state index in [1.807, 2.05) is 0 Å². The van der Waals surface area contributed by atoms with E-state index in [9.17, 15) is 29.3 Å². The summed E-state index contributed by atoms with van der Waals surface area (Å²) >= 11 is 0. The third-order valence-electron chi connectivity index (χ3n) is 11.4. The van der Waals surface area contributed by atoms with Crippen molar-refractivity contribution in [2.24, 2.45) is 0 Å². The van der Waals surface area contributed by atoms with Crippen LogP contribution >= 0.6 is 7.82 Å². The van der Waals surface area contributed by atoms with Gasteiger partial charge in [-0.25, -0.2) is 4.57 Å². The topological polar surface area (TPSA) is 149 Å². The quantitative estimate of drug-likeness (QED) is 0.0233. The number of phosphoric ester groups is 1. The monoisotopic (exact) mass is 963 g/mol. The average molecular weight is 963 g/mol. The fraction of sp³-hybridized carbons (Fsp3) is 0.750. The summed E-state index contributed by atoms with van der Waals surface area (Å²) in [6, 6.07) is 0. The van der Waals surface area contributed by atoms with Gasteiger partial charge in [-0.15, -0.1) is 0 Å². The molecule has 0 aromatic carbocycles. The number of aliphatic hydroxyl groups excluding tert-OH is 2. The Morgan fingerprint density at radius 3 is 1.01 bits per heavy atom. The van der Waals surface area contributed by atoms with Crippen LogP contribution in [0.4, 0.5) is 0 Å². The maximum atomic E-state index is 12.4. The molecule has 3 unspecified atom stereocenters. The van der Waals surface area contributed by atoms with Crippen LogP contribution in [0.1, 0.15) is 232 Å². The third-order valence-corrected chi connectivity index (χ3v) is 12.4. The highest BCUT2D eigenvalue weighted by Crippen LogP contribution is 2.43. The number of esters is 2. The summed E-state index contributed by atoms with van der Waals surface area (Å²) in [6.45, 7) is 2.10. The zero-order chi connectivity index (χ0) is 49.0. The van der Waals surface area contributed by atoms with Crippen molar-refractivity contribution in [1.82, 2.24) is 0 Å². The van der Waals surface area contributed by atoms with Gasteiger partial charge in [-0.1, -0.05) is 209 Å². The SMILES string of the molecule is CC/C=C\C/C=C\C/C=C\C/C=C\CCCCCCCCCCCCC(=O)OC(CO)COP(=O)(O)OCC(CO)OC(=O)CCCCCCCCCCC/C=C\C/C=C\CCCCCCC. The second kappa shape index (κ2) is 51.3. The van der Waals surface area contributed by atoms with Crippen LogP contribution in [0, 0.1) is 0 Å². The lowest BCUT2D eigenvalue weighted by molar-refractivity contribution is -0.153. The molecule has 0 radical (unpaired) electrons. The van der Waals surface area contributed by atoms with Crippen LogP contribution in [0.3, 0.4) is 0 Å². The highest BCUT2D eigenvalue weighted by Gasteiger charge is 2.27. The van der Waals surface area contributed by atoms with Crippen LogP contribution in [-0.4, -0.2) is 65.7 Å². The minimum atomic E-state index is -4.65. The number of phosphoric acid groups is 1. The van der Waals surface area contributed by atoms with Gasteiger partial charge in [0, 0.05) is 12.8 Å². The molecule has 0 saturated heterocycles. The number of aliphatic hydroxyl groups is 2. The molecule has 3 N–H and O–H groups in total. The van der Waals surface area contributed by atoms with Crippen LogP contribution in [-0.2, 0) is 32.7 Å². The number of hydrogen-bond acceptors (Lipinski definition) is 9.